The number of methoxy groups -OCH3 is 1. The van der Waals surface area contributed by atoms with Crippen LogP contribution in [0, 0.1) is 5.92 Å². The molecule has 0 radical (unpaired) electrons. The summed E-state index contributed by atoms with van der Waals surface area (Å²) in [7, 11) is 3.29. The Bertz CT molecular complexity index is 1430. The van der Waals surface area contributed by atoms with E-state index in [1.54, 1.807) is 4.90 Å². The van der Waals surface area contributed by atoms with Crippen LogP contribution in [0.25, 0.3) is 11.1 Å². The normalized spacial score (nSPS) is 16.6. The Balaban J connectivity index is 1.03. The summed E-state index contributed by atoms with van der Waals surface area (Å²) < 4.78 is 10.7. The minimum absolute atomic E-state index is 0.00641. The van der Waals surface area contributed by atoms with E-state index < -0.39 is 6.09 Å². The van der Waals surface area contributed by atoms with E-state index >= 15 is 0 Å². The molecule has 0 spiro atoms. The number of likely N-dealkylation sites (tertiary alicyclic amines) is 2. The predicted molar refractivity (Wildman–Crippen MR) is 175 cm³/mol. The molecular formula is C36H44N4O5. The van der Waals surface area contributed by atoms with Gasteiger partial charge in [-0.1, -0.05) is 60.7 Å². The Morgan fingerprint density at radius 1 is 0.844 bits per heavy atom. The molecule has 2 aliphatic heterocycles. The molecule has 2 amide bonds. The van der Waals surface area contributed by atoms with Crippen LogP contribution in [0.1, 0.15) is 41.6 Å². The third-order valence-corrected chi connectivity index (χ3v) is 8.86. The van der Waals surface area contributed by atoms with Crippen molar-refractivity contribution in [2.45, 2.75) is 38.3 Å². The van der Waals surface area contributed by atoms with Gasteiger partial charge < -0.3 is 19.3 Å². The lowest BCUT2D eigenvalue weighted by Gasteiger charge is -2.32. The highest BCUT2D eigenvalue weighted by Crippen LogP contribution is 2.28. The third-order valence-electron chi connectivity index (χ3n) is 8.86. The van der Waals surface area contributed by atoms with Gasteiger partial charge in [0.15, 0.2) is 0 Å². The Labute approximate surface area is 266 Å². The Morgan fingerprint density at radius 3 is 2.27 bits per heavy atom. The molecule has 45 heavy (non-hydrogen) atoms. The molecule has 0 saturated carbocycles. The van der Waals surface area contributed by atoms with E-state index in [4.69, 9.17) is 9.47 Å². The number of carbonyl (C=O) groups is 3. The van der Waals surface area contributed by atoms with E-state index in [0.29, 0.717) is 12.1 Å². The number of piperidine rings is 2. The highest BCUT2D eigenvalue weighted by atomic mass is 16.6. The fraction of sp³-hybridized carbons (Fsp3) is 0.417. The molecule has 5 rings (SSSR count). The van der Waals surface area contributed by atoms with Crippen LogP contribution in [0.5, 0.6) is 0 Å². The fourth-order valence-corrected chi connectivity index (χ4v) is 6.17. The first-order chi connectivity index (χ1) is 21.9. The number of carbonyl (C=O) groups excluding carboxylic acids is 3. The van der Waals surface area contributed by atoms with Gasteiger partial charge in [0.25, 0.3) is 5.91 Å². The number of hydrogen-bond donors (Lipinski definition) is 1. The number of ether oxygens (including phenoxy) is 2. The van der Waals surface area contributed by atoms with Crippen LogP contribution < -0.4 is 5.32 Å². The summed E-state index contributed by atoms with van der Waals surface area (Å²) in [5, 5.41) is 2.93. The predicted octanol–water partition coefficient (Wildman–Crippen LogP) is 5.52. The number of nitrogens with zero attached hydrogens (tertiary/aromatic N) is 3. The largest absolute Gasteiger partial charge is 0.469 e. The number of esters is 1. The van der Waals surface area contributed by atoms with Crippen molar-refractivity contribution in [1.82, 2.24) is 14.7 Å². The van der Waals surface area contributed by atoms with Crippen LogP contribution in [-0.4, -0.2) is 92.2 Å². The van der Waals surface area contributed by atoms with Crippen LogP contribution in [0.2, 0.25) is 0 Å². The van der Waals surface area contributed by atoms with Gasteiger partial charge in [-0.3, -0.25) is 19.8 Å². The highest BCUT2D eigenvalue weighted by molar-refractivity contribution is 5.94. The summed E-state index contributed by atoms with van der Waals surface area (Å²) in [5.41, 5.74) is 4.50. The quantitative estimate of drug-likeness (QED) is 0.302. The molecule has 2 saturated heterocycles. The zero-order chi connectivity index (χ0) is 31.6. The van der Waals surface area contributed by atoms with Crippen LogP contribution >= 0.6 is 0 Å². The molecular weight excluding hydrogens is 568 g/mol. The van der Waals surface area contributed by atoms with Gasteiger partial charge in [0.2, 0.25) is 0 Å². The van der Waals surface area contributed by atoms with Gasteiger partial charge in [-0.2, -0.15) is 0 Å². The molecule has 1 N–H and O–H groups in total. The maximum Gasteiger partial charge on any atom is 0.411 e. The number of para-hydroxylation sites is 1. The number of benzene rings is 3. The Morgan fingerprint density at radius 2 is 1.53 bits per heavy atom. The molecule has 0 atom stereocenters. The highest BCUT2D eigenvalue weighted by Gasteiger charge is 2.26. The number of amides is 2. The first kappa shape index (κ1) is 32.2. The molecule has 3 aromatic rings. The van der Waals surface area contributed by atoms with E-state index in [2.05, 4.69) is 21.2 Å². The molecule has 0 unspecified atom stereocenters. The molecule has 3 aromatic carbocycles. The van der Waals surface area contributed by atoms with Crippen molar-refractivity contribution in [3.8, 4) is 11.1 Å². The van der Waals surface area contributed by atoms with E-state index in [-0.39, 0.29) is 23.9 Å². The van der Waals surface area contributed by atoms with Crippen molar-refractivity contribution < 1.29 is 23.9 Å². The monoisotopic (exact) mass is 612 g/mol. The van der Waals surface area contributed by atoms with Gasteiger partial charge in [-0.15, -0.1) is 0 Å². The zero-order valence-corrected chi connectivity index (χ0v) is 26.3. The van der Waals surface area contributed by atoms with Crippen LogP contribution in [0.15, 0.2) is 78.9 Å². The first-order valence-corrected chi connectivity index (χ1v) is 15.9. The Hall–Kier alpha value is -4.21. The zero-order valence-electron chi connectivity index (χ0n) is 26.3. The minimum atomic E-state index is -0.435. The van der Waals surface area contributed by atoms with Gasteiger partial charge in [0.1, 0.15) is 6.10 Å². The van der Waals surface area contributed by atoms with E-state index in [0.717, 1.165) is 87.3 Å². The van der Waals surface area contributed by atoms with E-state index in [1.165, 1.54) is 7.11 Å². The van der Waals surface area contributed by atoms with Gasteiger partial charge in [-0.05, 0) is 68.1 Å². The first-order valence-electron chi connectivity index (χ1n) is 15.9. The molecule has 9 heteroatoms. The molecule has 2 fully saturated rings. The summed E-state index contributed by atoms with van der Waals surface area (Å²) in [4.78, 5) is 44.2. The lowest BCUT2D eigenvalue weighted by Crippen LogP contribution is -2.42. The van der Waals surface area contributed by atoms with Gasteiger partial charge in [0.05, 0.1) is 18.7 Å². The smallest absolute Gasteiger partial charge is 0.411 e. The second-order valence-corrected chi connectivity index (χ2v) is 12.0. The summed E-state index contributed by atoms with van der Waals surface area (Å²) in [6.07, 6.45) is 2.53. The number of anilines is 1. The maximum absolute atomic E-state index is 13.2. The Kier molecular flexibility index (Phi) is 11.2. The number of rotatable bonds is 10. The molecule has 0 aliphatic carbocycles. The van der Waals surface area contributed by atoms with Gasteiger partial charge >= 0.3 is 12.1 Å². The van der Waals surface area contributed by atoms with Crippen LogP contribution in [-0.2, 0) is 20.8 Å². The van der Waals surface area contributed by atoms with Crippen molar-refractivity contribution in [1.29, 1.82) is 0 Å². The molecule has 2 aliphatic rings. The summed E-state index contributed by atoms with van der Waals surface area (Å²) in [6.45, 7) is 5.44. The SMILES string of the molecule is COC(=O)C1CCN(Cc2cccc(C(=O)N(C)CCN3CCC(OC(=O)Nc4ccccc4-c4ccccc4)CC3)c2)CC1. The van der Waals surface area contributed by atoms with Gasteiger partial charge in [-0.25, -0.2) is 4.79 Å². The standard InChI is InChI=1S/C36H44N4O5/c1-38(34(41)30-12-8-9-27(25-30)26-40-19-15-29(16-20-40)35(42)44-2)23-24-39-21-17-31(18-22-39)45-36(43)37-33-14-7-6-13-32(33)28-10-4-3-5-11-28/h3-14,25,29,31H,15-24,26H2,1-2H3,(H,37,43). The van der Waals surface area contributed by atoms with Gasteiger partial charge in [0, 0.05) is 50.9 Å². The minimum Gasteiger partial charge on any atom is -0.469 e. The van der Waals surface area contributed by atoms with Crippen LogP contribution in [0.4, 0.5) is 10.5 Å². The van der Waals surface area contributed by atoms with Crippen molar-refractivity contribution in [2.24, 2.45) is 5.92 Å². The molecule has 238 valence electrons. The van der Waals surface area contributed by atoms with Crippen LogP contribution in [0.3, 0.4) is 0 Å². The summed E-state index contributed by atoms with van der Waals surface area (Å²) in [6, 6.07) is 25.5. The average Bonchev–Trinajstić information content (AvgIpc) is 3.08. The maximum atomic E-state index is 13.2. The number of hydrogen-bond acceptors (Lipinski definition) is 7. The van der Waals surface area contributed by atoms with Crippen molar-refractivity contribution >= 4 is 23.7 Å². The average molecular weight is 613 g/mol. The lowest BCUT2D eigenvalue weighted by molar-refractivity contribution is -0.147. The molecule has 9 nitrogen and oxygen atoms in total. The third kappa shape index (κ3) is 8.93. The van der Waals surface area contributed by atoms with Crippen molar-refractivity contribution in [3.05, 3.63) is 90.0 Å². The second kappa shape index (κ2) is 15.7. The molecule has 2 heterocycles. The topological polar surface area (TPSA) is 91.4 Å². The van der Waals surface area contributed by atoms with E-state index in [9.17, 15) is 14.4 Å². The number of likely N-dealkylation sites (N-methyl/N-ethyl adjacent to an activating group) is 1. The molecule has 0 bridgehead atoms. The fourth-order valence-electron chi connectivity index (χ4n) is 6.17. The van der Waals surface area contributed by atoms with E-state index in [1.807, 2.05) is 79.8 Å². The molecule has 0 aromatic heterocycles. The number of nitrogens with one attached hydrogen (secondary N) is 1. The summed E-state index contributed by atoms with van der Waals surface area (Å²) in [5.74, 6) is -0.127. The second-order valence-electron chi connectivity index (χ2n) is 12.0. The van der Waals surface area contributed by atoms with Crippen molar-refractivity contribution in [2.75, 3.05) is 58.7 Å². The lowest BCUT2D eigenvalue weighted by atomic mass is 9.96. The summed E-state index contributed by atoms with van der Waals surface area (Å²) >= 11 is 0. The van der Waals surface area contributed by atoms with Crippen molar-refractivity contribution in [3.63, 3.8) is 0 Å².